The van der Waals surface area contributed by atoms with Crippen LogP contribution in [0.4, 0.5) is 18.9 Å². The lowest BCUT2D eigenvalue weighted by molar-refractivity contribution is -0.137. The highest BCUT2D eigenvalue weighted by Crippen LogP contribution is 2.37. The summed E-state index contributed by atoms with van der Waals surface area (Å²) in [4.78, 5) is 20.1. The molecule has 2 aromatic carbocycles. The van der Waals surface area contributed by atoms with E-state index in [1.165, 1.54) is 29.9 Å². The molecule has 36 heavy (non-hydrogen) atoms. The van der Waals surface area contributed by atoms with Gasteiger partial charge in [-0.05, 0) is 68.4 Å². The molecule has 1 fully saturated rings. The maximum absolute atomic E-state index is 13.8. The van der Waals surface area contributed by atoms with Crippen LogP contribution in [0.5, 0.6) is 0 Å². The molecule has 0 radical (unpaired) electrons. The molecule has 2 aliphatic carbocycles. The van der Waals surface area contributed by atoms with Crippen LogP contribution in [0.3, 0.4) is 0 Å². The standard InChI is InChI=1S/C29H29F3N2OS/c30-29(31,32)22-18-16-21(17-19-22)26(35)27-25(20-10-4-1-5-11-20)34(24-14-8-3-9-15-24)28(36-27)33-23-12-6-2-7-13-23/h2,6-7,10,12-13,16-19,24H,1,3-5,8-9,11,14-15H2. The molecule has 0 aliphatic heterocycles. The molecule has 1 saturated carbocycles. The summed E-state index contributed by atoms with van der Waals surface area (Å²) in [6, 6.07) is 14.5. The van der Waals surface area contributed by atoms with Gasteiger partial charge in [-0.3, -0.25) is 4.79 Å². The predicted octanol–water partition coefficient (Wildman–Crippen LogP) is 8.49. The highest BCUT2D eigenvalue weighted by Gasteiger charge is 2.32. The number of hydrogen-bond acceptors (Lipinski definition) is 3. The molecular weight excluding hydrogens is 481 g/mol. The third-order valence-corrected chi connectivity index (χ3v) is 8.11. The van der Waals surface area contributed by atoms with E-state index in [2.05, 4.69) is 10.6 Å². The number of nitrogens with zero attached hydrogens (tertiary/aromatic N) is 2. The van der Waals surface area contributed by atoms with Crippen molar-refractivity contribution in [2.75, 3.05) is 0 Å². The Kier molecular flexibility index (Phi) is 7.28. The van der Waals surface area contributed by atoms with Crippen molar-refractivity contribution in [3.63, 3.8) is 0 Å². The van der Waals surface area contributed by atoms with Crippen LogP contribution in [0.2, 0.25) is 0 Å². The van der Waals surface area contributed by atoms with Gasteiger partial charge >= 0.3 is 6.18 Å². The van der Waals surface area contributed by atoms with E-state index < -0.39 is 11.7 Å². The van der Waals surface area contributed by atoms with Crippen molar-refractivity contribution in [1.82, 2.24) is 4.57 Å². The summed E-state index contributed by atoms with van der Waals surface area (Å²) in [5.74, 6) is -0.241. The zero-order valence-electron chi connectivity index (χ0n) is 20.1. The fraction of sp³-hybridized carbons (Fsp3) is 0.379. The van der Waals surface area contributed by atoms with E-state index in [0.29, 0.717) is 4.88 Å². The number of carbonyl (C=O) groups is 1. The first kappa shape index (κ1) is 24.8. The predicted molar refractivity (Wildman–Crippen MR) is 137 cm³/mol. The average Bonchev–Trinajstić information content (AvgIpc) is 3.28. The molecule has 0 bridgehead atoms. The minimum Gasteiger partial charge on any atom is -0.313 e. The molecular formula is C29H29F3N2OS. The number of rotatable bonds is 5. The lowest BCUT2D eigenvalue weighted by Crippen LogP contribution is -2.25. The number of allylic oxidation sites excluding steroid dienone is 2. The van der Waals surface area contributed by atoms with Gasteiger partial charge in [0.05, 0.1) is 16.9 Å². The van der Waals surface area contributed by atoms with E-state index in [0.717, 1.165) is 85.3 Å². The van der Waals surface area contributed by atoms with Crippen molar-refractivity contribution in [2.24, 2.45) is 4.99 Å². The molecule has 1 aromatic heterocycles. The van der Waals surface area contributed by atoms with Gasteiger partial charge < -0.3 is 4.57 Å². The van der Waals surface area contributed by atoms with Crippen LogP contribution in [-0.4, -0.2) is 10.4 Å². The summed E-state index contributed by atoms with van der Waals surface area (Å²) in [6.07, 6.45) is 7.40. The van der Waals surface area contributed by atoms with Gasteiger partial charge in [0, 0.05) is 11.6 Å². The van der Waals surface area contributed by atoms with Crippen LogP contribution in [0, 0.1) is 0 Å². The first-order valence-corrected chi connectivity index (χ1v) is 13.5. The summed E-state index contributed by atoms with van der Waals surface area (Å²) in [5, 5.41) is 0. The topological polar surface area (TPSA) is 34.4 Å². The van der Waals surface area contributed by atoms with Crippen LogP contribution >= 0.6 is 11.3 Å². The normalized spacial score (nSPS) is 17.8. The van der Waals surface area contributed by atoms with Gasteiger partial charge in [0.15, 0.2) is 4.80 Å². The number of aromatic nitrogens is 1. The molecule has 1 heterocycles. The third kappa shape index (κ3) is 5.26. The van der Waals surface area contributed by atoms with Crippen LogP contribution in [-0.2, 0) is 6.18 Å². The molecule has 7 heteroatoms. The number of halogens is 3. The molecule has 3 aromatic rings. The Morgan fingerprint density at radius 2 is 1.64 bits per heavy atom. The fourth-order valence-corrected chi connectivity index (χ4v) is 6.42. The number of benzene rings is 2. The highest BCUT2D eigenvalue weighted by atomic mass is 32.1. The van der Waals surface area contributed by atoms with Crippen LogP contribution in [0.25, 0.3) is 5.57 Å². The van der Waals surface area contributed by atoms with Crippen molar-refractivity contribution >= 4 is 28.4 Å². The maximum atomic E-state index is 13.8. The minimum absolute atomic E-state index is 0.241. The monoisotopic (exact) mass is 510 g/mol. The molecule has 3 nitrogen and oxygen atoms in total. The van der Waals surface area contributed by atoms with Gasteiger partial charge in [-0.1, -0.05) is 67.0 Å². The van der Waals surface area contributed by atoms with Gasteiger partial charge in [0.2, 0.25) is 5.78 Å². The Bertz CT molecular complexity index is 1310. The van der Waals surface area contributed by atoms with Crippen molar-refractivity contribution < 1.29 is 18.0 Å². The lowest BCUT2D eigenvalue weighted by Gasteiger charge is -2.27. The number of para-hydroxylation sites is 1. The van der Waals surface area contributed by atoms with Crippen molar-refractivity contribution in [3.05, 3.63) is 87.2 Å². The van der Waals surface area contributed by atoms with Crippen LogP contribution in [0.1, 0.15) is 90.3 Å². The zero-order chi connectivity index (χ0) is 25.1. The van der Waals surface area contributed by atoms with E-state index in [4.69, 9.17) is 4.99 Å². The molecule has 0 spiro atoms. The zero-order valence-corrected chi connectivity index (χ0v) is 20.9. The maximum Gasteiger partial charge on any atom is 0.416 e. The number of ketones is 1. The number of thiazole rings is 1. The second kappa shape index (κ2) is 10.6. The Labute approximate surface area is 213 Å². The van der Waals surface area contributed by atoms with Crippen molar-refractivity contribution in [3.8, 4) is 0 Å². The van der Waals surface area contributed by atoms with Gasteiger partial charge in [0.1, 0.15) is 4.88 Å². The molecule has 0 amide bonds. The highest BCUT2D eigenvalue weighted by molar-refractivity contribution is 7.11. The summed E-state index contributed by atoms with van der Waals surface area (Å²) in [6.45, 7) is 0. The van der Waals surface area contributed by atoms with E-state index in [1.54, 1.807) is 0 Å². The van der Waals surface area contributed by atoms with E-state index in [-0.39, 0.29) is 17.4 Å². The Morgan fingerprint density at radius 1 is 0.917 bits per heavy atom. The summed E-state index contributed by atoms with van der Waals surface area (Å²) < 4.78 is 41.6. The fourth-order valence-electron chi connectivity index (χ4n) is 5.21. The Balaban J connectivity index is 1.69. The first-order chi connectivity index (χ1) is 17.4. The Hall–Kier alpha value is -2.93. The first-order valence-electron chi connectivity index (χ1n) is 12.7. The molecule has 0 unspecified atom stereocenters. The lowest BCUT2D eigenvalue weighted by atomic mass is 9.92. The molecule has 0 N–H and O–H groups in total. The number of carbonyl (C=O) groups excluding carboxylic acids is 1. The largest absolute Gasteiger partial charge is 0.416 e. The number of hydrogen-bond donors (Lipinski definition) is 0. The van der Waals surface area contributed by atoms with Crippen molar-refractivity contribution in [1.29, 1.82) is 0 Å². The number of alkyl halides is 3. The minimum atomic E-state index is -4.44. The molecule has 2 aliphatic rings. The summed E-state index contributed by atoms with van der Waals surface area (Å²) in [7, 11) is 0. The van der Waals surface area contributed by atoms with Gasteiger partial charge in [-0.25, -0.2) is 4.99 Å². The average molecular weight is 511 g/mol. The van der Waals surface area contributed by atoms with Crippen LogP contribution in [0.15, 0.2) is 65.7 Å². The van der Waals surface area contributed by atoms with Gasteiger partial charge in [-0.2, -0.15) is 13.2 Å². The van der Waals surface area contributed by atoms with Crippen molar-refractivity contribution in [2.45, 2.75) is 70.0 Å². The molecule has 5 rings (SSSR count). The van der Waals surface area contributed by atoms with E-state index in [1.807, 2.05) is 30.3 Å². The molecule has 188 valence electrons. The smallest absolute Gasteiger partial charge is 0.313 e. The quantitative estimate of drug-likeness (QED) is 0.317. The SMILES string of the molecule is O=C(c1ccc(C(F)(F)F)cc1)c1sc(=Nc2ccccc2)n(C2CCCCC2)c1C1=CCCCC1. The van der Waals surface area contributed by atoms with E-state index in [9.17, 15) is 18.0 Å². The van der Waals surface area contributed by atoms with Gasteiger partial charge in [-0.15, -0.1) is 0 Å². The summed E-state index contributed by atoms with van der Waals surface area (Å²) >= 11 is 1.36. The summed E-state index contributed by atoms with van der Waals surface area (Å²) in [5.41, 5.74) is 2.42. The van der Waals surface area contributed by atoms with Gasteiger partial charge in [0.25, 0.3) is 0 Å². The molecule has 0 atom stereocenters. The third-order valence-electron chi connectivity index (χ3n) is 7.05. The second-order valence-corrected chi connectivity index (χ2v) is 10.5. The Morgan fingerprint density at radius 3 is 2.28 bits per heavy atom. The van der Waals surface area contributed by atoms with E-state index >= 15 is 0 Å². The molecule has 0 saturated heterocycles. The second-order valence-electron chi connectivity index (χ2n) is 9.55. The van der Waals surface area contributed by atoms with Crippen LogP contribution < -0.4 is 4.80 Å².